The minimum Gasteiger partial charge on any atom is -0.295 e. The Bertz CT molecular complexity index is 821. The molecule has 2 aromatic heterocycles. The van der Waals surface area contributed by atoms with Crippen molar-refractivity contribution in [3.05, 3.63) is 63.6 Å². The van der Waals surface area contributed by atoms with E-state index < -0.39 is 0 Å². The number of rotatable bonds is 3. The van der Waals surface area contributed by atoms with E-state index in [0.717, 1.165) is 10.0 Å². The van der Waals surface area contributed by atoms with Crippen molar-refractivity contribution >= 4 is 27.3 Å². The minimum atomic E-state index is -0.317. The van der Waals surface area contributed by atoms with Gasteiger partial charge in [0.2, 0.25) is 0 Å². The summed E-state index contributed by atoms with van der Waals surface area (Å²) >= 11 is 3.35. The number of halogens is 1. The van der Waals surface area contributed by atoms with E-state index in [2.05, 4.69) is 41.3 Å². The first-order chi connectivity index (χ1) is 10.2. The van der Waals surface area contributed by atoms with Crippen molar-refractivity contribution in [2.24, 2.45) is 10.2 Å². The van der Waals surface area contributed by atoms with E-state index in [0.29, 0.717) is 11.4 Å². The van der Waals surface area contributed by atoms with Crippen molar-refractivity contribution in [1.82, 2.24) is 15.2 Å². The minimum absolute atomic E-state index is 0.240. The van der Waals surface area contributed by atoms with Gasteiger partial charge in [0.05, 0.1) is 11.4 Å². The Morgan fingerprint density at radius 2 is 1.67 bits per heavy atom. The molecule has 0 bridgehead atoms. The molecule has 0 amide bonds. The van der Waals surface area contributed by atoms with Crippen LogP contribution in [0.2, 0.25) is 0 Å². The maximum Gasteiger partial charge on any atom is 0.292 e. The summed E-state index contributed by atoms with van der Waals surface area (Å²) in [5.74, 6) is 0. The summed E-state index contributed by atoms with van der Waals surface area (Å²) in [4.78, 5) is 15.8. The lowest BCUT2D eigenvalue weighted by Crippen LogP contribution is -1.96. The zero-order valence-corrected chi connectivity index (χ0v) is 12.3. The number of nitrogens with zero attached hydrogens (tertiary/aromatic N) is 3. The first-order valence-corrected chi connectivity index (χ1v) is 6.92. The molecular formula is C14H10BrN5O. The molecule has 0 aliphatic carbocycles. The molecule has 0 unspecified atom stereocenters. The average molecular weight is 344 g/mol. The van der Waals surface area contributed by atoms with Gasteiger partial charge in [-0.1, -0.05) is 15.9 Å². The second-order valence-electron chi connectivity index (χ2n) is 4.22. The molecule has 0 spiro atoms. The van der Waals surface area contributed by atoms with Gasteiger partial charge in [-0.25, -0.2) is 0 Å². The first-order valence-electron chi connectivity index (χ1n) is 6.12. The number of pyridine rings is 1. The van der Waals surface area contributed by atoms with Crippen molar-refractivity contribution in [3.63, 3.8) is 0 Å². The third-order valence-electron chi connectivity index (χ3n) is 2.81. The fraction of sp³-hybridized carbons (Fsp3) is 0. The monoisotopic (exact) mass is 343 g/mol. The SMILES string of the molecule is O=c1[nH][nH]c(-c2ccncc2)c1N=Nc1ccc(Br)cc1. The summed E-state index contributed by atoms with van der Waals surface area (Å²) in [6.07, 6.45) is 3.30. The van der Waals surface area contributed by atoms with Gasteiger partial charge in [-0.2, -0.15) is 5.11 Å². The molecule has 0 saturated carbocycles. The highest BCUT2D eigenvalue weighted by atomic mass is 79.9. The van der Waals surface area contributed by atoms with Gasteiger partial charge >= 0.3 is 0 Å². The van der Waals surface area contributed by atoms with Gasteiger partial charge < -0.3 is 0 Å². The fourth-order valence-corrected chi connectivity index (χ4v) is 2.05. The number of aromatic nitrogens is 3. The molecule has 0 aliphatic heterocycles. The van der Waals surface area contributed by atoms with Crippen LogP contribution in [0.25, 0.3) is 11.3 Å². The molecule has 3 aromatic rings. The molecule has 0 saturated heterocycles. The fourth-order valence-electron chi connectivity index (χ4n) is 1.79. The number of azo groups is 1. The molecular weight excluding hydrogens is 334 g/mol. The van der Waals surface area contributed by atoms with Crippen LogP contribution in [-0.4, -0.2) is 15.2 Å². The predicted octanol–water partition coefficient (Wildman–Crippen LogP) is 3.94. The van der Waals surface area contributed by atoms with E-state index in [9.17, 15) is 4.79 Å². The Hall–Kier alpha value is -2.54. The average Bonchev–Trinajstić information content (AvgIpc) is 2.89. The highest BCUT2D eigenvalue weighted by molar-refractivity contribution is 9.10. The second-order valence-corrected chi connectivity index (χ2v) is 5.13. The Labute approximate surface area is 128 Å². The van der Waals surface area contributed by atoms with Crippen LogP contribution in [0, 0.1) is 0 Å². The van der Waals surface area contributed by atoms with Gasteiger partial charge in [0, 0.05) is 22.4 Å². The predicted molar refractivity (Wildman–Crippen MR) is 83.0 cm³/mol. The van der Waals surface area contributed by atoms with Gasteiger partial charge in [-0.3, -0.25) is 20.0 Å². The number of benzene rings is 1. The molecule has 0 atom stereocenters. The van der Waals surface area contributed by atoms with E-state index in [1.807, 2.05) is 12.1 Å². The van der Waals surface area contributed by atoms with E-state index in [1.165, 1.54) is 0 Å². The topological polar surface area (TPSA) is 86.3 Å². The van der Waals surface area contributed by atoms with Crippen LogP contribution in [0.3, 0.4) is 0 Å². The zero-order chi connectivity index (χ0) is 14.7. The van der Waals surface area contributed by atoms with E-state index >= 15 is 0 Å². The van der Waals surface area contributed by atoms with Crippen molar-refractivity contribution in [1.29, 1.82) is 0 Å². The molecule has 2 N–H and O–H groups in total. The largest absolute Gasteiger partial charge is 0.295 e. The number of hydrogen-bond acceptors (Lipinski definition) is 4. The van der Waals surface area contributed by atoms with Gasteiger partial charge in [-0.15, -0.1) is 5.11 Å². The van der Waals surface area contributed by atoms with Gasteiger partial charge in [0.1, 0.15) is 0 Å². The van der Waals surface area contributed by atoms with Crippen LogP contribution in [0.5, 0.6) is 0 Å². The summed E-state index contributed by atoms with van der Waals surface area (Å²) in [6.45, 7) is 0. The standard InChI is InChI=1S/C14H10BrN5O/c15-10-1-3-11(4-2-10)17-19-13-12(18-20-14(13)21)9-5-7-16-8-6-9/h1-8H,(H2,18,20,21). The Balaban J connectivity index is 1.98. The van der Waals surface area contributed by atoms with Crippen LogP contribution in [0.1, 0.15) is 0 Å². The maximum atomic E-state index is 11.8. The van der Waals surface area contributed by atoms with Crippen LogP contribution in [0.4, 0.5) is 11.4 Å². The lowest BCUT2D eigenvalue weighted by molar-refractivity contribution is 1.06. The summed E-state index contributed by atoms with van der Waals surface area (Å²) in [5, 5.41) is 13.5. The van der Waals surface area contributed by atoms with Crippen molar-refractivity contribution in [2.75, 3.05) is 0 Å². The van der Waals surface area contributed by atoms with Crippen LogP contribution in [-0.2, 0) is 0 Å². The summed E-state index contributed by atoms with van der Waals surface area (Å²) < 4.78 is 0.957. The lowest BCUT2D eigenvalue weighted by Gasteiger charge is -1.97. The summed E-state index contributed by atoms with van der Waals surface area (Å²) in [7, 11) is 0. The molecule has 0 fully saturated rings. The maximum absolute atomic E-state index is 11.8. The van der Waals surface area contributed by atoms with Gasteiger partial charge in [0.25, 0.3) is 5.56 Å². The first kappa shape index (κ1) is 13.4. The van der Waals surface area contributed by atoms with Crippen molar-refractivity contribution < 1.29 is 0 Å². The second kappa shape index (κ2) is 5.84. The molecule has 0 aliphatic rings. The molecule has 2 heterocycles. The molecule has 6 nitrogen and oxygen atoms in total. The molecule has 1 aromatic carbocycles. The lowest BCUT2D eigenvalue weighted by atomic mass is 10.2. The Morgan fingerprint density at radius 1 is 0.952 bits per heavy atom. The van der Waals surface area contributed by atoms with Crippen molar-refractivity contribution in [3.8, 4) is 11.3 Å². The van der Waals surface area contributed by atoms with E-state index in [4.69, 9.17) is 0 Å². The number of aromatic amines is 2. The highest BCUT2D eigenvalue weighted by Gasteiger charge is 2.11. The van der Waals surface area contributed by atoms with Crippen LogP contribution in [0.15, 0.2) is 68.3 Å². The van der Waals surface area contributed by atoms with E-state index in [-0.39, 0.29) is 11.2 Å². The normalized spacial score (nSPS) is 11.1. The van der Waals surface area contributed by atoms with Crippen LogP contribution < -0.4 is 5.56 Å². The smallest absolute Gasteiger partial charge is 0.292 e. The molecule has 104 valence electrons. The summed E-state index contributed by atoms with van der Waals surface area (Å²) in [6, 6.07) is 10.9. The number of H-pyrrole nitrogens is 2. The van der Waals surface area contributed by atoms with Crippen molar-refractivity contribution in [2.45, 2.75) is 0 Å². The molecule has 0 radical (unpaired) electrons. The third kappa shape index (κ3) is 2.97. The van der Waals surface area contributed by atoms with Gasteiger partial charge in [0.15, 0.2) is 5.69 Å². The molecule has 7 heteroatoms. The van der Waals surface area contributed by atoms with E-state index in [1.54, 1.807) is 36.7 Å². The zero-order valence-electron chi connectivity index (χ0n) is 10.7. The third-order valence-corrected chi connectivity index (χ3v) is 3.34. The Kier molecular flexibility index (Phi) is 3.74. The Morgan fingerprint density at radius 3 is 2.38 bits per heavy atom. The molecule has 3 rings (SSSR count). The molecule has 21 heavy (non-hydrogen) atoms. The number of nitrogens with one attached hydrogen (secondary N) is 2. The quantitative estimate of drug-likeness (QED) is 0.705. The summed E-state index contributed by atoms with van der Waals surface area (Å²) in [5.41, 5.74) is 1.99. The van der Waals surface area contributed by atoms with Crippen LogP contribution >= 0.6 is 15.9 Å². The number of hydrogen-bond donors (Lipinski definition) is 2. The van der Waals surface area contributed by atoms with Gasteiger partial charge in [-0.05, 0) is 36.4 Å². The highest BCUT2D eigenvalue weighted by Crippen LogP contribution is 2.26.